The van der Waals surface area contributed by atoms with E-state index in [0.29, 0.717) is 22.5 Å². The van der Waals surface area contributed by atoms with Crippen LogP contribution in [0.15, 0.2) is 61.4 Å². The van der Waals surface area contributed by atoms with Gasteiger partial charge >= 0.3 is 6.01 Å². The molecule has 12 heteroatoms. The SMILES string of the molecule is C=CC(=O)Nc1ccc(-c2c(-c3ccc(Oc4ncc(F)c(C)n4)c(F)c3F)c3c(N)ncc(C#N)c3n2C)cc1. The molecule has 0 fully saturated rings. The Morgan fingerprint density at radius 2 is 1.85 bits per heavy atom. The van der Waals surface area contributed by atoms with Crippen molar-refractivity contribution in [3.8, 4) is 40.2 Å². The average Bonchev–Trinajstić information content (AvgIpc) is 3.27. The Morgan fingerprint density at radius 3 is 2.51 bits per heavy atom. The summed E-state index contributed by atoms with van der Waals surface area (Å²) in [5.74, 6) is -4.22. The third-order valence-electron chi connectivity index (χ3n) is 6.38. The monoisotopic (exact) mass is 555 g/mol. The van der Waals surface area contributed by atoms with Gasteiger partial charge in [-0.2, -0.15) is 14.6 Å². The second kappa shape index (κ2) is 10.5. The van der Waals surface area contributed by atoms with E-state index in [1.54, 1.807) is 35.9 Å². The third-order valence-corrected chi connectivity index (χ3v) is 6.38. The summed E-state index contributed by atoms with van der Waals surface area (Å²) in [6, 6.07) is 10.8. The molecule has 5 aromatic rings. The predicted octanol–water partition coefficient (Wildman–Crippen LogP) is 5.79. The number of anilines is 2. The number of carbonyl (C=O) groups is 1. The van der Waals surface area contributed by atoms with Crippen LogP contribution in [0, 0.1) is 35.7 Å². The Kier molecular flexibility index (Phi) is 6.86. The quantitative estimate of drug-likeness (QED) is 0.253. The van der Waals surface area contributed by atoms with Crippen LogP contribution >= 0.6 is 0 Å². The van der Waals surface area contributed by atoms with E-state index in [-0.39, 0.29) is 39.6 Å². The number of nitrogens with two attached hydrogens (primary N) is 1. The molecule has 0 saturated carbocycles. The van der Waals surface area contributed by atoms with Gasteiger partial charge in [-0.1, -0.05) is 18.7 Å². The van der Waals surface area contributed by atoms with Gasteiger partial charge in [0.05, 0.1) is 34.1 Å². The molecule has 0 spiro atoms. The fourth-order valence-electron chi connectivity index (χ4n) is 4.48. The number of nitriles is 1. The summed E-state index contributed by atoms with van der Waals surface area (Å²) >= 11 is 0. The van der Waals surface area contributed by atoms with Gasteiger partial charge in [0.15, 0.2) is 17.4 Å². The van der Waals surface area contributed by atoms with Crippen LogP contribution in [0.4, 0.5) is 24.7 Å². The fraction of sp³-hybridized carbons (Fsp3) is 0.0690. The summed E-state index contributed by atoms with van der Waals surface area (Å²) in [5, 5.41) is 12.7. The van der Waals surface area contributed by atoms with Gasteiger partial charge in [-0.15, -0.1) is 0 Å². The average molecular weight is 556 g/mol. The van der Waals surface area contributed by atoms with Crippen molar-refractivity contribution in [2.24, 2.45) is 7.05 Å². The minimum Gasteiger partial charge on any atom is -0.421 e. The minimum atomic E-state index is -1.35. The zero-order chi connectivity index (χ0) is 29.4. The number of amides is 1. The fourth-order valence-corrected chi connectivity index (χ4v) is 4.48. The highest BCUT2D eigenvalue weighted by Gasteiger charge is 2.27. The van der Waals surface area contributed by atoms with Crippen molar-refractivity contribution in [1.29, 1.82) is 5.26 Å². The Labute approximate surface area is 231 Å². The van der Waals surface area contributed by atoms with E-state index >= 15 is 8.78 Å². The molecule has 5 rings (SSSR count). The molecule has 0 unspecified atom stereocenters. The number of aryl methyl sites for hydroxylation is 2. The first-order valence-corrected chi connectivity index (χ1v) is 12.0. The molecular formula is C29H20F3N7O2. The highest BCUT2D eigenvalue weighted by Crippen LogP contribution is 2.45. The molecule has 3 aromatic heterocycles. The smallest absolute Gasteiger partial charge is 0.322 e. The Bertz CT molecular complexity index is 1910. The van der Waals surface area contributed by atoms with Crippen molar-refractivity contribution in [3.05, 3.63) is 90.2 Å². The number of nitrogens with one attached hydrogen (secondary N) is 1. The van der Waals surface area contributed by atoms with Crippen LogP contribution in [0.2, 0.25) is 0 Å². The molecule has 0 saturated heterocycles. The van der Waals surface area contributed by atoms with E-state index in [4.69, 9.17) is 10.5 Å². The molecule has 0 aliphatic carbocycles. The van der Waals surface area contributed by atoms with Crippen molar-refractivity contribution < 1.29 is 22.7 Å². The van der Waals surface area contributed by atoms with Crippen LogP contribution in [-0.2, 0) is 11.8 Å². The number of ether oxygens (including phenoxy) is 1. The number of hydrogen-bond acceptors (Lipinski definition) is 7. The number of rotatable bonds is 6. The second-order valence-electron chi connectivity index (χ2n) is 8.87. The number of fused-ring (bicyclic) bond motifs is 1. The summed E-state index contributed by atoms with van der Waals surface area (Å²) < 4.78 is 51.8. The Hall–Kier alpha value is -5.70. The van der Waals surface area contributed by atoms with Crippen LogP contribution < -0.4 is 15.8 Å². The van der Waals surface area contributed by atoms with Crippen LogP contribution in [0.1, 0.15) is 11.3 Å². The van der Waals surface area contributed by atoms with Gasteiger partial charge in [-0.05, 0) is 42.8 Å². The van der Waals surface area contributed by atoms with Gasteiger partial charge < -0.3 is 20.4 Å². The number of pyridine rings is 1. The van der Waals surface area contributed by atoms with E-state index in [1.165, 1.54) is 25.3 Å². The van der Waals surface area contributed by atoms with Gasteiger partial charge in [0, 0.05) is 30.1 Å². The second-order valence-corrected chi connectivity index (χ2v) is 8.87. The lowest BCUT2D eigenvalue weighted by Gasteiger charge is -2.13. The predicted molar refractivity (Wildman–Crippen MR) is 146 cm³/mol. The normalized spacial score (nSPS) is 10.8. The molecule has 3 heterocycles. The molecule has 1 amide bonds. The largest absolute Gasteiger partial charge is 0.421 e. The zero-order valence-electron chi connectivity index (χ0n) is 21.7. The number of benzene rings is 2. The molecule has 3 N–H and O–H groups in total. The zero-order valence-corrected chi connectivity index (χ0v) is 21.7. The summed E-state index contributed by atoms with van der Waals surface area (Å²) in [7, 11) is 1.66. The first kappa shape index (κ1) is 26.9. The van der Waals surface area contributed by atoms with Crippen molar-refractivity contribution in [2.45, 2.75) is 6.92 Å². The van der Waals surface area contributed by atoms with E-state index < -0.39 is 29.1 Å². The molecule has 204 valence electrons. The number of aromatic nitrogens is 4. The molecule has 9 nitrogen and oxygen atoms in total. The van der Waals surface area contributed by atoms with Crippen LogP contribution in [0.3, 0.4) is 0 Å². The first-order chi connectivity index (χ1) is 19.6. The Morgan fingerprint density at radius 1 is 1.12 bits per heavy atom. The number of halogens is 3. The molecule has 0 aliphatic rings. The lowest BCUT2D eigenvalue weighted by molar-refractivity contribution is -0.111. The van der Waals surface area contributed by atoms with Crippen LogP contribution in [0.25, 0.3) is 33.3 Å². The minimum absolute atomic E-state index is 0.000962. The maximum atomic E-state index is 15.8. The summed E-state index contributed by atoms with van der Waals surface area (Å²) in [6.45, 7) is 4.80. The van der Waals surface area contributed by atoms with Crippen molar-refractivity contribution in [3.63, 3.8) is 0 Å². The summed E-state index contributed by atoms with van der Waals surface area (Å²) in [4.78, 5) is 23.3. The topological polar surface area (TPSA) is 132 Å². The van der Waals surface area contributed by atoms with Gasteiger partial charge in [-0.25, -0.2) is 18.7 Å². The van der Waals surface area contributed by atoms with Gasteiger partial charge in [0.1, 0.15) is 11.9 Å². The molecule has 0 radical (unpaired) electrons. The number of nitrogens with zero attached hydrogens (tertiary/aromatic N) is 5. The third kappa shape index (κ3) is 4.70. The van der Waals surface area contributed by atoms with E-state index in [9.17, 15) is 14.4 Å². The molecule has 0 aliphatic heterocycles. The van der Waals surface area contributed by atoms with Gasteiger partial charge in [0.2, 0.25) is 11.7 Å². The summed E-state index contributed by atoms with van der Waals surface area (Å²) in [6.07, 6.45) is 3.29. The van der Waals surface area contributed by atoms with Crippen LogP contribution in [0.5, 0.6) is 11.8 Å². The van der Waals surface area contributed by atoms with Crippen LogP contribution in [-0.4, -0.2) is 25.4 Å². The number of hydrogen-bond donors (Lipinski definition) is 2. The van der Waals surface area contributed by atoms with Crippen molar-refractivity contribution in [1.82, 2.24) is 19.5 Å². The van der Waals surface area contributed by atoms with Crippen molar-refractivity contribution in [2.75, 3.05) is 11.1 Å². The molecule has 2 aromatic carbocycles. The van der Waals surface area contributed by atoms with E-state index in [2.05, 4.69) is 32.9 Å². The first-order valence-electron chi connectivity index (χ1n) is 12.0. The standard InChI is InChI=1S/C29H20F3N7O2/c1-4-21(40)38-17-7-5-15(6-8-17)26-22(23-27(39(26)3)16(11-33)12-35-28(23)34)18-9-10-20(25(32)24(18)31)41-29-36-13-19(30)14(2)37-29/h4-10,12-13H,1H2,2-3H3,(H2,34,35)(H,38,40). The van der Waals surface area contributed by atoms with E-state index in [1.807, 2.05) is 0 Å². The van der Waals surface area contributed by atoms with E-state index in [0.717, 1.165) is 12.3 Å². The number of carbonyl (C=O) groups excluding carboxylic acids is 1. The molecule has 0 bridgehead atoms. The van der Waals surface area contributed by atoms with Gasteiger partial charge in [-0.3, -0.25) is 4.79 Å². The Balaban J connectivity index is 1.72. The van der Waals surface area contributed by atoms with Gasteiger partial charge in [0.25, 0.3) is 0 Å². The lowest BCUT2D eigenvalue weighted by Crippen LogP contribution is -2.06. The highest BCUT2D eigenvalue weighted by atomic mass is 19.2. The maximum absolute atomic E-state index is 15.8. The molecule has 0 atom stereocenters. The molecular weight excluding hydrogens is 535 g/mol. The number of nitrogen functional groups attached to an aromatic ring is 1. The molecule has 41 heavy (non-hydrogen) atoms. The maximum Gasteiger partial charge on any atom is 0.322 e. The highest BCUT2D eigenvalue weighted by molar-refractivity contribution is 6.11. The van der Waals surface area contributed by atoms with Crippen molar-refractivity contribution >= 4 is 28.3 Å². The summed E-state index contributed by atoms with van der Waals surface area (Å²) in [5.41, 5.74) is 8.19. The lowest BCUT2D eigenvalue weighted by atomic mass is 9.97.